The van der Waals surface area contributed by atoms with Crippen LogP contribution in [0, 0.1) is 0 Å². The topological polar surface area (TPSA) is 33.1 Å². The summed E-state index contributed by atoms with van der Waals surface area (Å²) in [5.41, 5.74) is 0.995. The van der Waals surface area contributed by atoms with Gasteiger partial charge in [-0.1, -0.05) is 26.0 Å². The van der Waals surface area contributed by atoms with Gasteiger partial charge in [0, 0.05) is 17.0 Å². The van der Waals surface area contributed by atoms with E-state index in [1.54, 1.807) is 0 Å². The zero-order valence-corrected chi connectivity index (χ0v) is 9.14. The highest BCUT2D eigenvalue weighted by atomic mass is 32.1. The molecule has 3 heteroatoms. The van der Waals surface area contributed by atoms with E-state index in [1.807, 2.05) is 20.0 Å². The molecule has 1 N–H and O–H groups in total. The molecule has 0 unspecified atom stereocenters. The Kier molecular flexibility index (Phi) is 2.29. The van der Waals surface area contributed by atoms with Crippen molar-refractivity contribution in [1.29, 1.82) is 0 Å². The molecule has 2 aromatic rings. The van der Waals surface area contributed by atoms with Crippen molar-refractivity contribution in [3.8, 4) is 0 Å². The quantitative estimate of drug-likeness (QED) is 0.821. The third kappa shape index (κ3) is 1.53. The molecule has 0 saturated heterocycles. The van der Waals surface area contributed by atoms with Gasteiger partial charge in [0.15, 0.2) is 0 Å². The maximum absolute atomic E-state index is 9.26. The van der Waals surface area contributed by atoms with Gasteiger partial charge in [0.25, 0.3) is 0 Å². The molecule has 0 spiro atoms. The minimum absolute atomic E-state index is 0.164. The first-order chi connectivity index (χ1) is 6.63. The normalized spacial score (nSPS) is 12.2. The Morgan fingerprint density at radius 2 is 2.21 bits per heavy atom. The molecule has 0 aliphatic rings. The summed E-state index contributed by atoms with van der Waals surface area (Å²) < 4.78 is 5.31. The van der Waals surface area contributed by atoms with Crippen molar-refractivity contribution >= 4 is 21.6 Å². The number of fused-ring (bicyclic) bond motifs is 1. The molecule has 1 aromatic heterocycles. The molecule has 2 rings (SSSR count). The lowest BCUT2D eigenvalue weighted by Gasteiger charge is -2.21. The maximum atomic E-state index is 9.26. The smallest absolute Gasteiger partial charge is 0.0552 e. The van der Waals surface area contributed by atoms with Crippen LogP contribution >= 0.6 is 11.5 Å². The first-order valence-corrected chi connectivity index (χ1v) is 5.36. The van der Waals surface area contributed by atoms with Crippen LogP contribution in [0.3, 0.4) is 0 Å². The van der Waals surface area contributed by atoms with Crippen LogP contribution in [0.4, 0.5) is 0 Å². The van der Waals surface area contributed by atoms with E-state index in [1.165, 1.54) is 21.6 Å². The molecule has 14 heavy (non-hydrogen) atoms. The average molecular weight is 207 g/mol. The summed E-state index contributed by atoms with van der Waals surface area (Å²) in [6, 6.07) is 6.24. The van der Waals surface area contributed by atoms with E-state index in [9.17, 15) is 5.11 Å². The van der Waals surface area contributed by atoms with Crippen molar-refractivity contribution in [2.24, 2.45) is 0 Å². The SMILES string of the molecule is CC(C)(CO)c1ccc2cnsc2c1. The Balaban J connectivity index is 2.53. The second kappa shape index (κ2) is 3.33. The molecular weight excluding hydrogens is 194 g/mol. The molecule has 0 saturated carbocycles. The summed E-state index contributed by atoms with van der Waals surface area (Å²) in [5, 5.41) is 10.4. The average Bonchev–Trinajstić information content (AvgIpc) is 2.64. The van der Waals surface area contributed by atoms with E-state index in [0.29, 0.717) is 0 Å². The molecular formula is C11H13NOS. The van der Waals surface area contributed by atoms with Gasteiger partial charge in [-0.05, 0) is 23.2 Å². The van der Waals surface area contributed by atoms with Gasteiger partial charge in [0.2, 0.25) is 0 Å². The number of aromatic nitrogens is 1. The number of hydrogen-bond donors (Lipinski definition) is 1. The highest BCUT2D eigenvalue weighted by molar-refractivity contribution is 7.13. The maximum Gasteiger partial charge on any atom is 0.0552 e. The fraction of sp³-hybridized carbons (Fsp3) is 0.364. The van der Waals surface area contributed by atoms with E-state index < -0.39 is 0 Å². The monoisotopic (exact) mass is 207 g/mol. The summed E-state index contributed by atoms with van der Waals surface area (Å²) >= 11 is 1.50. The van der Waals surface area contributed by atoms with Gasteiger partial charge in [-0.25, -0.2) is 0 Å². The van der Waals surface area contributed by atoms with Crippen molar-refractivity contribution in [3.05, 3.63) is 30.0 Å². The van der Waals surface area contributed by atoms with Crippen LogP contribution in [0.25, 0.3) is 10.1 Å². The van der Waals surface area contributed by atoms with Gasteiger partial charge in [-0.3, -0.25) is 0 Å². The lowest BCUT2D eigenvalue weighted by molar-refractivity contribution is 0.218. The molecule has 0 atom stereocenters. The number of aliphatic hydroxyl groups is 1. The molecule has 0 radical (unpaired) electrons. The molecule has 0 amide bonds. The summed E-state index contributed by atoms with van der Waals surface area (Å²) in [6.07, 6.45) is 1.87. The largest absolute Gasteiger partial charge is 0.395 e. The lowest BCUT2D eigenvalue weighted by Crippen LogP contribution is -2.21. The van der Waals surface area contributed by atoms with Gasteiger partial charge in [-0.2, -0.15) is 4.37 Å². The van der Waals surface area contributed by atoms with Crippen molar-refractivity contribution in [1.82, 2.24) is 4.37 Å². The molecule has 0 aliphatic carbocycles. The predicted octanol–water partition coefficient (Wildman–Crippen LogP) is 2.57. The van der Waals surface area contributed by atoms with Crippen molar-refractivity contribution < 1.29 is 5.11 Å². The third-order valence-electron chi connectivity index (χ3n) is 2.53. The van der Waals surface area contributed by atoms with E-state index >= 15 is 0 Å². The molecule has 1 heterocycles. The first-order valence-electron chi connectivity index (χ1n) is 4.59. The van der Waals surface area contributed by atoms with Crippen LogP contribution in [0.5, 0.6) is 0 Å². The van der Waals surface area contributed by atoms with Crippen LogP contribution in [-0.4, -0.2) is 16.1 Å². The van der Waals surface area contributed by atoms with Gasteiger partial charge in [0.05, 0.1) is 11.3 Å². The Morgan fingerprint density at radius 1 is 1.43 bits per heavy atom. The molecule has 0 aliphatic heterocycles. The number of benzene rings is 1. The first kappa shape index (κ1) is 9.62. The predicted molar refractivity (Wildman–Crippen MR) is 59.7 cm³/mol. The van der Waals surface area contributed by atoms with Crippen molar-refractivity contribution in [2.45, 2.75) is 19.3 Å². The van der Waals surface area contributed by atoms with E-state index in [-0.39, 0.29) is 12.0 Å². The number of hydrogen-bond acceptors (Lipinski definition) is 3. The second-order valence-electron chi connectivity index (χ2n) is 4.12. The number of nitrogens with zero attached hydrogens (tertiary/aromatic N) is 1. The standard InChI is InChI=1S/C11H13NOS/c1-11(2,7-13)9-4-3-8-6-12-14-10(8)5-9/h3-6,13H,7H2,1-2H3. The molecule has 0 bridgehead atoms. The van der Waals surface area contributed by atoms with E-state index in [0.717, 1.165) is 5.56 Å². The van der Waals surface area contributed by atoms with Gasteiger partial charge >= 0.3 is 0 Å². The molecule has 1 aromatic carbocycles. The van der Waals surface area contributed by atoms with Gasteiger partial charge in [0.1, 0.15) is 0 Å². The van der Waals surface area contributed by atoms with Gasteiger partial charge in [-0.15, -0.1) is 0 Å². The Morgan fingerprint density at radius 3 is 2.93 bits per heavy atom. The van der Waals surface area contributed by atoms with Crippen LogP contribution in [0.1, 0.15) is 19.4 Å². The van der Waals surface area contributed by atoms with Crippen molar-refractivity contribution in [2.75, 3.05) is 6.61 Å². The highest BCUT2D eigenvalue weighted by Gasteiger charge is 2.19. The van der Waals surface area contributed by atoms with Crippen LogP contribution < -0.4 is 0 Å². The second-order valence-corrected chi connectivity index (χ2v) is 4.95. The summed E-state index contributed by atoms with van der Waals surface area (Å²) in [5.74, 6) is 0. The van der Waals surface area contributed by atoms with Crippen LogP contribution in [-0.2, 0) is 5.41 Å². The zero-order chi connectivity index (χ0) is 10.2. The van der Waals surface area contributed by atoms with E-state index in [4.69, 9.17) is 0 Å². The fourth-order valence-electron chi connectivity index (χ4n) is 1.37. The Hall–Kier alpha value is -0.930. The molecule has 0 fully saturated rings. The Bertz CT molecular complexity index is 447. The highest BCUT2D eigenvalue weighted by Crippen LogP contribution is 2.27. The Labute approximate surface area is 87.4 Å². The van der Waals surface area contributed by atoms with Crippen LogP contribution in [0.15, 0.2) is 24.4 Å². The summed E-state index contributed by atoms with van der Waals surface area (Å²) in [7, 11) is 0. The van der Waals surface area contributed by atoms with Gasteiger partial charge < -0.3 is 5.11 Å². The lowest BCUT2D eigenvalue weighted by atomic mass is 9.85. The summed E-state index contributed by atoms with van der Waals surface area (Å²) in [4.78, 5) is 0. The number of rotatable bonds is 2. The van der Waals surface area contributed by atoms with Crippen LogP contribution in [0.2, 0.25) is 0 Å². The molecule has 74 valence electrons. The third-order valence-corrected chi connectivity index (χ3v) is 3.29. The molecule has 2 nitrogen and oxygen atoms in total. The number of aliphatic hydroxyl groups excluding tert-OH is 1. The zero-order valence-electron chi connectivity index (χ0n) is 8.32. The minimum Gasteiger partial charge on any atom is -0.395 e. The fourth-order valence-corrected chi connectivity index (χ4v) is 2.06. The minimum atomic E-state index is -0.168. The van der Waals surface area contributed by atoms with Crippen molar-refractivity contribution in [3.63, 3.8) is 0 Å². The summed E-state index contributed by atoms with van der Waals surface area (Å²) in [6.45, 7) is 4.24. The van der Waals surface area contributed by atoms with E-state index in [2.05, 4.69) is 22.6 Å².